The summed E-state index contributed by atoms with van der Waals surface area (Å²) in [5, 5.41) is 6.57. The van der Waals surface area contributed by atoms with Gasteiger partial charge < -0.3 is 15.2 Å². The predicted molar refractivity (Wildman–Crippen MR) is 113 cm³/mol. The second-order valence-corrected chi connectivity index (χ2v) is 7.46. The molecule has 1 aliphatic heterocycles. The SMILES string of the molecule is Cl.O=C(NC1CCNCC1F)c1cn(Cc2ccc(Cl)cc2)c2cccc(F)c12. The summed E-state index contributed by atoms with van der Waals surface area (Å²) < 4.78 is 30.5. The van der Waals surface area contributed by atoms with Crippen molar-refractivity contribution in [3.8, 4) is 0 Å². The fourth-order valence-electron chi connectivity index (χ4n) is 3.63. The van der Waals surface area contributed by atoms with Crippen molar-refractivity contribution in [3.05, 3.63) is 70.6 Å². The van der Waals surface area contributed by atoms with Crippen LogP contribution in [0.2, 0.25) is 5.02 Å². The van der Waals surface area contributed by atoms with E-state index in [1.807, 2.05) is 16.7 Å². The Labute approximate surface area is 178 Å². The van der Waals surface area contributed by atoms with Crippen LogP contribution in [0.3, 0.4) is 0 Å². The quantitative estimate of drug-likeness (QED) is 0.635. The van der Waals surface area contributed by atoms with Crippen molar-refractivity contribution in [2.75, 3.05) is 13.1 Å². The largest absolute Gasteiger partial charge is 0.346 e. The first-order chi connectivity index (χ1) is 13.5. The molecular formula is C21H21Cl2F2N3O. The van der Waals surface area contributed by atoms with Gasteiger partial charge in [0.15, 0.2) is 0 Å². The Morgan fingerprint density at radius 2 is 2.00 bits per heavy atom. The van der Waals surface area contributed by atoms with E-state index in [1.165, 1.54) is 6.07 Å². The van der Waals surface area contributed by atoms with E-state index >= 15 is 0 Å². The van der Waals surface area contributed by atoms with Crippen LogP contribution in [0, 0.1) is 5.82 Å². The zero-order chi connectivity index (χ0) is 19.7. The van der Waals surface area contributed by atoms with E-state index in [0.717, 1.165) is 5.56 Å². The van der Waals surface area contributed by atoms with Crippen LogP contribution in [0.1, 0.15) is 22.3 Å². The number of hydrogen-bond acceptors (Lipinski definition) is 2. The Kier molecular flexibility index (Phi) is 6.77. The number of fused-ring (bicyclic) bond motifs is 1. The smallest absolute Gasteiger partial charge is 0.253 e. The maximum absolute atomic E-state index is 14.6. The predicted octanol–water partition coefficient (Wildman–Crippen LogP) is 4.33. The number of alkyl halides is 1. The summed E-state index contributed by atoms with van der Waals surface area (Å²) >= 11 is 5.94. The molecule has 1 saturated heterocycles. The molecule has 0 spiro atoms. The highest BCUT2D eigenvalue weighted by Gasteiger charge is 2.28. The number of aromatic nitrogens is 1. The number of carbonyl (C=O) groups excluding carboxylic acids is 1. The third kappa shape index (κ3) is 4.55. The molecule has 2 atom stereocenters. The monoisotopic (exact) mass is 439 g/mol. The minimum absolute atomic E-state index is 0. The molecule has 2 aromatic carbocycles. The van der Waals surface area contributed by atoms with Crippen LogP contribution in [0.25, 0.3) is 10.9 Å². The molecule has 0 radical (unpaired) electrons. The third-order valence-corrected chi connectivity index (χ3v) is 5.34. The van der Waals surface area contributed by atoms with E-state index in [9.17, 15) is 13.6 Å². The second kappa shape index (κ2) is 9.11. The number of hydrogen-bond donors (Lipinski definition) is 2. The summed E-state index contributed by atoms with van der Waals surface area (Å²) in [5.74, 6) is -0.931. The van der Waals surface area contributed by atoms with E-state index < -0.39 is 23.9 Å². The van der Waals surface area contributed by atoms with Crippen molar-refractivity contribution in [2.24, 2.45) is 0 Å². The van der Waals surface area contributed by atoms with Gasteiger partial charge in [-0.15, -0.1) is 12.4 Å². The van der Waals surface area contributed by atoms with Crippen molar-refractivity contribution in [3.63, 3.8) is 0 Å². The minimum Gasteiger partial charge on any atom is -0.346 e. The summed E-state index contributed by atoms with van der Waals surface area (Å²) in [6, 6.07) is 11.5. The topological polar surface area (TPSA) is 46.1 Å². The lowest BCUT2D eigenvalue weighted by molar-refractivity contribution is 0.0893. The van der Waals surface area contributed by atoms with Crippen LogP contribution < -0.4 is 10.6 Å². The number of amides is 1. The fraction of sp³-hybridized carbons (Fsp3) is 0.286. The van der Waals surface area contributed by atoms with Gasteiger partial charge in [-0.05, 0) is 42.8 Å². The van der Waals surface area contributed by atoms with Crippen molar-refractivity contribution in [2.45, 2.75) is 25.2 Å². The lowest BCUT2D eigenvalue weighted by atomic mass is 10.0. The van der Waals surface area contributed by atoms with Crippen LogP contribution in [0.15, 0.2) is 48.7 Å². The minimum atomic E-state index is -1.16. The number of nitrogens with zero attached hydrogens (tertiary/aromatic N) is 1. The number of benzene rings is 2. The highest BCUT2D eigenvalue weighted by Crippen LogP contribution is 2.26. The van der Waals surface area contributed by atoms with Crippen LogP contribution in [-0.4, -0.2) is 35.8 Å². The van der Waals surface area contributed by atoms with Crippen molar-refractivity contribution >= 4 is 40.8 Å². The molecule has 4 rings (SSSR count). The maximum atomic E-state index is 14.6. The second-order valence-electron chi connectivity index (χ2n) is 7.02. The molecule has 0 bridgehead atoms. The van der Waals surface area contributed by atoms with Gasteiger partial charge in [-0.3, -0.25) is 4.79 Å². The molecule has 1 amide bonds. The van der Waals surface area contributed by atoms with Crippen molar-refractivity contribution in [1.82, 2.24) is 15.2 Å². The summed E-state index contributed by atoms with van der Waals surface area (Å²) in [4.78, 5) is 12.8. The average molecular weight is 440 g/mol. The summed E-state index contributed by atoms with van der Waals surface area (Å²) in [7, 11) is 0. The Bertz CT molecular complexity index is 1010. The molecule has 8 heteroatoms. The molecule has 4 nitrogen and oxygen atoms in total. The zero-order valence-electron chi connectivity index (χ0n) is 15.5. The number of nitrogens with one attached hydrogen (secondary N) is 2. The van der Waals surface area contributed by atoms with Gasteiger partial charge in [-0.25, -0.2) is 8.78 Å². The molecule has 0 saturated carbocycles. The van der Waals surface area contributed by atoms with Crippen molar-refractivity contribution < 1.29 is 13.6 Å². The Morgan fingerprint density at radius 1 is 1.24 bits per heavy atom. The van der Waals surface area contributed by atoms with E-state index in [4.69, 9.17) is 11.6 Å². The molecule has 0 aliphatic carbocycles. The maximum Gasteiger partial charge on any atom is 0.253 e. The molecule has 3 aromatic rings. The normalized spacial score (nSPS) is 19.0. The van der Waals surface area contributed by atoms with Gasteiger partial charge in [0, 0.05) is 29.7 Å². The first kappa shape index (κ1) is 21.6. The Hall–Kier alpha value is -2.15. The van der Waals surface area contributed by atoms with Crippen molar-refractivity contribution in [1.29, 1.82) is 0 Å². The first-order valence-corrected chi connectivity index (χ1v) is 9.58. The fourth-order valence-corrected chi connectivity index (χ4v) is 3.75. The van der Waals surface area contributed by atoms with E-state index in [0.29, 0.717) is 30.0 Å². The summed E-state index contributed by atoms with van der Waals surface area (Å²) in [6.45, 7) is 1.30. The Balaban J connectivity index is 0.00000240. The van der Waals surface area contributed by atoms with Gasteiger partial charge in [0.2, 0.25) is 0 Å². The zero-order valence-corrected chi connectivity index (χ0v) is 17.1. The van der Waals surface area contributed by atoms with Crippen LogP contribution in [-0.2, 0) is 6.54 Å². The van der Waals surface area contributed by atoms with E-state index in [2.05, 4.69) is 10.6 Å². The van der Waals surface area contributed by atoms with Gasteiger partial charge in [0.1, 0.15) is 12.0 Å². The number of rotatable bonds is 4. The van der Waals surface area contributed by atoms with Crippen LogP contribution in [0.5, 0.6) is 0 Å². The first-order valence-electron chi connectivity index (χ1n) is 9.20. The van der Waals surface area contributed by atoms with Crippen LogP contribution in [0.4, 0.5) is 8.78 Å². The standard InChI is InChI=1S/C21H20ClF2N3O.ClH/c22-14-6-4-13(5-7-14)11-27-12-15(20-16(23)2-1-3-19(20)27)21(28)26-18-8-9-25-10-17(18)24;/h1-7,12,17-18,25H,8-11H2,(H,26,28);1H. The van der Waals surface area contributed by atoms with Crippen LogP contribution >= 0.6 is 24.0 Å². The number of carbonyl (C=O) groups is 1. The third-order valence-electron chi connectivity index (χ3n) is 5.09. The molecular weight excluding hydrogens is 419 g/mol. The van der Waals surface area contributed by atoms with Gasteiger partial charge in [-0.2, -0.15) is 0 Å². The summed E-state index contributed by atoms with van der Waals surface area (Å²) in [6.07, 6.45) is 0.968. The summed E-state index contributed by atoms with van der Waals surface area (Å²) in [5.41, 5.74) is 1.80. The number of piperidine rings is 1. The molecule has 1 fully saturated rings. The molecule has 2 heterocycles. The van der Waals surface area contributed by atoms with E-state index in [1.54, 1.807) is 30.5 Å². The lowest BCUT2D eigenvalue weighted by Crippen LogP contribution is -2.50. The molecule has 2 unspecified atom stereocenters. The average Bonchev–Trinajstić information content (AvgIpc) is 3.05. The van der Waals surface area contributed by atoms with Gasteiger partial charge >= 0.3 is 0 Å². The van der Waals surface area contributed by atoms with Gasteiger partial charge in [0.25, 0.3) is 5.91 Å². The number of halogens is 4. The van der Waals surface area contributed by atoms with E-state index in [-0.39, 0.29) is 29.9 Å². The van der Waals surface area contributed by atoms with Gasteiger partial charge in [0.05, 0.1) is 17.1 Å². The highest BCUT2D eigenvalue weighted by molar-refractivity contribution is 6.30. The molecule has 2 N–H and O–H groups in total. The Morgan fingerprint density at radius 3 is 2.72 bits per heavy atom. The van der Waals surface area contributed by atoms with Gasteiger partial charge in [-0.1, -0.05) is 29.8 Å². The molecule has 154 valence electrons. The lowest BCUT2D eigenvalue weighted by Gasteiger charge is -2.27. The highest BCUT2D eigenvalue weighted by atomic mass is 35.5. The molecule has 1 aliphatic rings. The molecule has 29 heavy (non-hydrogen) atoms. The molecule has 1 aromatic heterocycles.